The standard InChI is InChI=1S/C10H11ClN2O2S/c1-13(6-5-11)16(14,15)10-4-2-3-9(7-10)8-12/h2-4,7H,5-6H2,1H3. The molecule has 0 bridgehead atoms. The third-order valence-electron chi connectivity index (χ3n) is 2.07. The van der Waals surface area contributed by atoms with Crippen LogP contribution in [0, 0.1) is 11.3 Å². The van der Waals surface area contributed by atoms with Crippen LogP contribution in [0.1, 0.15) is 5.56 Å². The van der Waals surface area contributed by atoms with Gasteiger partial charge in [-0.1, -0.05) is 6.07 Å². The molecular weight excluding hydrogens is 248 g/mol. The number of benzene rings is 1. The molecule has 1 aromatic carbocycles. The molecular formula is C10H11ClN2O2S. The second kappa shape index (κ2) is 5.30. The van der Waals surface area contributed by atoms with Gasteiger partial charge in [0.2, 0.25) is 10.0 Å². The van der Waals surface area contributed by atoms with Crippen LogP contribution in [0.25, 0.3) is 0 Å². The highest BCUT2D eigenvalue weighted by molar-refractivity contribution is 7.89. The van der Waals surface area contributed by atoms with Gasteiger partial charge < -0.3 is 0 Å². The first-order chi connectivity index (χ1) is 7.52. The highest BCUT2D eigenvalue weighted by atomic mass is 35.5. The molecule has 0 fully saturated rings. The van der Waals surface area contributed by atoms with Crippen LogP contribution in [-0.2, 0) is 10.0 Å². The first-order valence-corrected chi connectivity index (χ1v) is 6.52. The zero-order valence-electron chi connectivity index (χ0n) is 8.72. The number of nitrogens with zero attached hydrogens (tertiary/aromatic N) is 2. The molecule has 0 N–H and O–H groups in total. The maximum absolute atomic E-state index is 11.9. The summed E-state index contributed by atoms with van der Waals surface area (Å²) < 4.78 is 25.1. The highest BCUT2D eigenvalue weighted by Crippen LogP contribution is 2.15. The van der Waals surface area contributed by atoms with Crippen LogP contribution in [0.5, 0.6) is 0 Å². The average molecular weight is 259 g/mol. The zero-order valence-corrected chi connectivity index (χ0v) is 10.3. The molecule has 0 aliphatic rings. The Labute approximate surface area is 100 Å². The molecule has 6 heteroatoms. The number of halogens is 1. The van der Waals surface area contributed by atoms with Crippen LogP contribution < -0.4 is 0 Å². The fourth-order valence-corrected chi connectivity index (χ4v) is 2.72. The van der Waals surface area contributed by atoms with Crippen LogP contribution in [-0.4, -0.2) is 32.2 Å². The van der Waals surface area contributed by atoms with Crippen molar-refractivity contribution in [3.05, 3.63) is 29.8 Å². The van der Waals surface area contributed by atoms with Gasteiger partial charge in [0.25, 0.3) is 0 Å². The molecule has 0 aliphatic carbocycles. The van der Waals surface area contributed by atoms with E-state index in [1.165, 1.54) is 19.2 Å². The van der Waals surface area contributed by atoms with E-state index in [1.807, 2.05) is 6.07 Å². The molecule has 0 saturated heterocycles. The van der Waals surface area contributed by atoms with E-state index in [0.717, 1.165) is 4.31 Å². The second-order valence-corrected chi connectivity index (χ2v) is 5.58. The smallest absolute Gasteiger partial charge is 0.207 e. The molecule has 1 aromatic rings. The van der Waals surface area contributed by atoms with Crippen LogP contribution in [0.4, 0.5) is 0 Å². The third-order valence-corrected chi connectivity index (χ3v) is 4.09. The van der Waals surface area contributed by atoms with Crippen LogP contribution in [0.3, 0.4) is 0 Å². The average Bonchev–Trinajstić information content (AvgIpc) is 2.29. The van der Waals surface area contributed by atoms with Crippen molar-refractivity contribution in [1.29, 1.82) is 5.26 Å². The summed E-state index contributed by atoms with van der Waals surface area (Å²) in [6, 6.07) is 7.81. The molecule has 0 saturated carbocycles. The summed E-state index contributed by atoms with van der Waals surface area (Å²) in [5, 5.41) is 8.69. The van der Waals surface area contributed by atoms with E-state index < -0.39 is 10.0 Å². The fourth-order valence-electron chi connectivity index (χ4n) is 1.15. The van der Waals surface area contributed by atoms with Gasteiger partial charge in [0, 0.05) is 19.5 Å². The number of sulfonamides is 1. The van der Waals surface area contributed by atoms with Gasteiger partial charge in [-0.3, -0.25) is 0 Å². The second-order valence-electron chi connectivity index (χ2n) is 3.16. The molecule has 0 atom stereocenters. The molecule has 0 aromatic heterocycles. The number of nitriles is 1. The Bertz CT molecular complexity index is 508. The quantitative estimate of drug-likeness (QED) is 0.768. The molecule has 86 valence electrons. The molecule has 1 rings (SSSR count). The van der Waals surface area contributed by atoms with Gasteiger partial charge in [-0.15, -0.1) is 11.6 Å². The summed E-state index contributed by atoms with van der Waals surface area (Å²) in [5.74, 6) is 0.230. The molecule has 0 radical (unpaired) electrons. The molecule has 0 amide bonds. The normalized spacial score (nSPS) is 11.4. The van der Waals surface area contributed by atoms with Gasteiger partial charge in [-0.25, -0.2) is 8.42 Å². The summed E-state index contributed by atoms with van der Waals surface area (Å²) in [4.78, 5) is 0.110. The maximum Gasteiger partial charge on any atom is 0.242 e. The summed E-state index contributed by atoms with van der Waals surface area (Å²) in [6.07, 6.45) is 0. The fraction of sp³-hybridized carbons (Fsp3) is 0.300. The zero-order chi connectivity index (χ0) is 12.2. The number of hydrogen-bond acceptors (Lipinski definition) is 3. The van der Waals surface area contributed by atoms with Crippen LogP contribution >= 0.6 is 11.6 Å². The van der Waals surface area contributed by atoms with Crippen molar-refractivity contribution in [2.75, 3.05) is 19.5 Å². The first kappa shape index (κ1) is 13.0. The monoisotopic (exact) mass is 258 g/mol. The molecule has 4 nitrogen and oxygen atoms in total. The Kier molecular flexibility index (Phi) is 4.30. The molecule has 0 heterocycles. The minimum Gasteiger partial charge on any atom is -0.207 e. The largest absolute Gasteiger partial charge is 0.242 e. The number of hydrogen-bond donors (Lipinski definition) is 0. The topological polar surface area (TPSA) is 61.2 Å². The Morgan fingerprint density at radius 1 is 1.50 bits per heavy atom. The van der Waals surface area contributed by atoms with Crippen molar-refractivity contribution in [2.45, 2.75) is 4.90 Å². The van der Waals surface area contributed by atoms with Gasteiger partial charge in [0.15, 0.2) is 0 Å². The molecule has 0 aliphatic heterocycles. The van der Waals surface area contributed by atoms with Crippen molar-refractivity contribution >= 4 is 21.6 Å². The third kappa shape index (κ3) is 2.73. The van der Waals surface area contributed by atoms with Crippen LogP contribution in [0.2, 0.25) is 0 Å². The van der Waals surface area contributed by atoms with Gasteiger partial charge in [0.1, 0.15) is 0 Å². The lowest BCUT2D eigenvalue weighted by Gasteiger charge is -2.15. The number of alkyl halides is 1. The Morgan fingerprint density at radius 3 is 2.75 bits per heavy atom. The van der Waals surface area contributed by atoms with E-state index in [1.54, 1.807) is 12.1 Å². The van der Waals surface area contributed by atoms with E-state index in [2.05, 4.69) is 0 Å². The SMILES string of the molecule is CN(CCCl)S(=O)(=O)c1cccc(C#N)c1. The lowest BCUT2D eigenvalue weighted by molar-refractivity contribution is 0.488. The van der Waals surface area contributed by atoms with Crippen molar-refractivity contribution in [3.63, 3.8) is 0 Å². The van der Waals surface area contributed by atoms with Gasteiger partial charge in [-0.2, -0.15) is 9.57 Å². The predicted octanol–water partition coefficient (Wildman–Crippen LogP) is 1.42. The van der Waals surface area contributed by atoms with E-state index >= 15 is 0 Å². The minimum atomic E-state index is -3.54. The summed E-state index contributed by atoms with van der Waals surface area (Å²) in [7, 11) is -2.08. The number of rotatable bonds is 4. The van der Waals surface area contributed by atoms with E-state index in [0.29, 0.717) is 5.56 Å². The van der Waals surface area contributed by atoms with E-state index in [9.17, 15) is 8.42 Å². The molecule has 16 heavy (non-hydrogen) atoms. The van der Waals surface area contributed by atoms with Crippen molar-refractivity contribution in [1.82, 2.24) is 4.31 Å². The van der Waals surface area contributed by atoms with E-state index in [4.69, 9.17) is 16.9 Å². The summed E-state index contributed by atoms with van der Waals surface area (Å²) >= 11 is 5.49. The van der Waals surface area contributed by atoms with E-state index in [-0.39, 0.29) is 17.3 Å². The molecule has 0 unspecified atom stereocenters. The van der Waals surface area contributed by atoms with Gasteiger partial charge in [-0.05, 0) is 18.2 Å². The highest BCUT2D eigenvalue weighted by Gasteiger charge is 2.20. The first-order valence-electron chi connectivity index (χ1n) is 4.55. The predicted molar refractivity (Wildman–Crippen MR) is 61.7 cm³/mol. The van der Waals surface area contributed by atoms with Crippen molar-refractivity contribution < 1.29 is 8.42 Å². The van der Waals surface area contributed by atoms with Crippen molar-refractivity contribution in [2.24, 2.45) is 0 Å². The Balaban J connectivity index is 3.13. The van der Waals surface area contributed by atoms with Crippen molar-refractivity contribution in [3.8, 4) is 6.07 Å². The lowest BCUT2D eigenvalue weighted by Crippen LogP contribution is -2.28. The lowest BCUT2D eigenvalue weighted by atomic mass is 10.2. The van der Waals surface area contributed by atoms with Gasteiger partial charge >= 0.3 is 0 Å². The Morgan fingerprint density at radius 2 is 2.19 bits per heavy atom. The van der Waals surface area contributed by atoms with Crippen LogP contribution in [0.15, 0.2) is 29.2 Å². The minimum absolute atomic E-state index is 0.110. The Hall–Kier alpha value is -1.09. The maximum atomic E-state index is 11.9. The summed E-state index contributed by atoms with van der Waals surface area (Å²) in [5.41, 5.74) is 0.320. The van der Waals surface area contributed by atoms with Gasteiger partial charge in [0.05, 0.1) is 16.5 Å². The summed E-state index contributed by atoms with van der Waals surface area (Å²) in [6.45, 7) is 0.237. The molecule has 0 spiro atoms.